The lowest BCUT2D eigenvalue weighted by Gasteiger charge is -2.42. The Morgan fingerprint density at radius 3 is 2.33 bits per heavy atom. The van der Waals surface area contributed by atoms with Crippen LogP contribution < -0.4 is 19.5 Å². The normalized spacial score (nSPS) is 16.9. The minimum absolute atomic E-state index is 0.0966. The Hall–Kier alpha value is -5.87. The highest BCUT2D eigenvalue weighted by Crippen LogP contribution is 2.43. The van der Waals surface area contributed by atoms with Gasteiger partial charge in [-0.1, -0.05) is 110 Å². The standard InChI is InChI=1S/C50H47Cl2N3O6/c1-3-39-24-36(20-21-53-39)33-13-10-31(11-14-33)23-43(50(57)58)54-49(56)45-25-37-26-46-47(27-38(37)28-55(45)44(4-2)34-8-6-5-7-9-34)61-48(30-60-46)35-15-17-40(18-16-35)59-29-32-12-19-41(51)42(52)22-32/h5-22,24,26-27,43-45,48H,3-4,23,25,28-30H2,1-2H3,(H,54,56)(H,57,58)/t43-,44-,45-,48+/m0/s1. The van der Waals surface area contributed by atoms with Gasteiger partial charge < -0.3 is 24.6 Å². The zero-order chi connectivity index (χ0) is 42.5. The molecule has 2 aliphatic heterocycles. The van der Waals surface area contributed by atoms with Gasteiger partial charge in [-0.05, 0) is 112 Å². The van der Waals surface area contributed by atoms with Gasteiger partial charge in [-0.15, -0.1) is 0 Å². The molecule has 0 spiro atoms. The number of aryl methyl sites for hydroxylation is 1. The van der Waals surface area contributed by atoms with Crippen LogP contribution in [0.3, 0.4) is 0 Å². The number of fused-ring (bicyclic) bond motifs is 2. The van der Waals surface area contributed by atoms with Crippen molar-refractivity contribution < 1.29 is 28.9 Å². The van der Waals surface area contributed by atoms with Crippen LogP contribution in [0, 0.1) is 0 Å². The number of aromatic nitrogens is 1. The van der Waals surface area contributed by atoms with Crippen molar-refractivity contribution >= 4 is 35.1 Å². The molecule has 5 aromatic carbocycles. The van der Waals surface area contributed by atoms with Crippen molar-refractivity contribution in [2.45, 2.75) is 76.9 Å². The zero-order valence-corrected chi connectivity index (χ0v) is 35.5. The van der Waals surface area contributed by atoms with Crippen LogP contribution in [-0.4, -0.2) is 45.6 Å². The number of hydrogen-bond donors (Lipinski definition) is 2. The third kappa shape index (κ3) is 9.70. The Morgan fingerprint density at radius 1 is 0.852 bits per heavy atom. The van der Waals surface area contributed by atoms with E-state index in [4.69, 9.17) is 37.4 Å². The van der Waals surface area contributed by atoms with Gasteiger partial charge in [-0.3, -0.25) is 14.7 Å². The zero-order valence-electron chi connectivity index (χ0n) is 34.0. The first-order valence-electron chi connectivity index (χ1n) is 20.7. The van der Waals surface area contributed by atoms with Crippen LogP contribution in [0.4, 0.5) is 0 Å². The molecule has 11 heteroatoms. The topological polar surface area (TPSA) is 110 Å². The number of carbonyl (C=O) groups is 2. The number of ether oxygens (including phenoxy) is 3. The Kier molecular flexibility index (Phi) is 12.9. The van der Waals surface area contributed by atoms with E-state index in [-0.39, 0.29) is 24.5 Å². The number of aliphatic carboxylic acids is 1. The largest absolute Gasteiger partial charge is 0.489 e. The summed E-state index contributed by atoms with van der Waals surface area (Å²) < 4.78 is 18.9. The number of benzene rings is 5. The number of rotatable bonds is 14. The van der Waals surface area contributed by atoms with Crippen molar-refractivity contribution in [3.63, 3.8) is 0 Å². The van der Waals surface area contributed by atoms with Crippen LogP contribution in [0.25, 0.3) is 11.1 Å². The highest BCUT2D eigenvalue weighted by atomic mass is 35.5. The molecule has 6 aromatic rings. The third-order valence-corrected chi connectivity index (χ3v) is 12.3. The summed E-state index contributed by atoms with van der Waals surface area (Å²) >= 11 is 12.2. The number of nitrogens with one attached hydrogen (secondary N) is 1. The van der Waals surface area contributed by atoms with Gasteiger partial charge in [0.05, 0.1) is 16.1 Å². The highest BCUT2D eigenvalue weighted by molar-refractivity contribution is 6.42. The average molecular weight is 857 g/mol. The number of amides is 1. The van der Waals surface area contributed by atoms with Gasteiger partial charge in [0.1, 0.15) is 25.0 Å². The number of nitrogens with zero attached hydrogens (tertiary/aromatic N) is 2. The van der Waals surface area contributed by atoms with Crippen molar-refractivity contribution in [2.75, 3.05) is 6.61 Å². The Labute approximate surface area is 366 Å². The van der Waals surface area contributed by atoms with Crippen molar-refractivity contribution in [3.05, 3.63) is 177 Å². The lowest BCUT2D eigenvalue weighted by atomic mass is 9.89. The number of carboxylic acid groups (broad SMARTS) is 1. The molecular formula is C50H47Cl2N3O6. The number of hydrogen-bond acceptors (Lipinski definition) is 7. The Balaban J connectivity index is 0.989. The fraction of sp³-hybridized carbons (Fsp3) is 0.260. The maximum atomic E-state index is 14.4. The van der Waals surface area contributed by atoms with E-state index in [1.165, 1.54) is 0 Å². The molecule has 2 N–H and O–H groups in total. The molecule has 8 rings (SSSR count). The molecule has 0 saturated carbocycles. The van der Waals surface area contributed by atoms with Gasteiger partial charge in [-0.25, -0.2) is 4.79 Å². The summed E-state index contributed by atoms with van der Waals surface area (Å²) in [4.78, 5) is 33.7. The second-order valence-corrected chi connectivity index (χ2v) is 16.3. The van der Waals surface area contributed by atoms with Crippen LogP contribution in [-0.2, 0) is 42.0 Å². The SMILES string of the molecule is CCc1cc(-c2ccc(C[C@H](NC(=O)[C@@H]3Cc4cc5c(cc4CN3[C@@H](CC)c3ccccc3)O[C@@H](c3ccc(OCc4ccc(Cl)c(Cl)c4)cc3)CO5)C(=O)O)cc2)ccn1. The second-order valence-electron chi connectivity index (χ2n) is 15.5. The third-order valence-electron chi connectivity index (χ3n) is 11.5. The summed E-state index contributed by atoms with van der Waals surface area (Å²) in [6.07, 6.45) is 3.57. The van der Waals surface area contributed by atoms with Crippen LogP contribution in [0.15, 0.2) is 128 Å². The molecule has 0 fully saturated rings. The fourth-order valence-electron chi connectivity index (χ4n) is 8.21. The smallest absolute Gasteiger partial charge is 0.326 e. The predicted molar refractivity (Wildman–Crippen MR) is 237 cm³/mol. The first kappa shape index (κ1) is 41.8. The molecule has 1 aromatic heterocycles. The summed E-state index contributed by atoms with van der Waals surface area (Å²) in [7, 11) is 0. The van der Waals surface area contributed by atoms with Crippen molar-refractivity contribution in [1.29, 1.82) is 0 Å². The van der Waals surface area contributed by atoms with Crippen LogP contribution in [0.5, 0.6) is 17.2 Å². The van der Waals surface area contributed by atoms with E-state index in [0.717, 1.165) is 63.0 Å². The van der Waals surface area contributed by atoms with Crippen molar-refractivity contribution in [3.8, 4) is 28.4 Å². The van der Waals surface area contributed by atoms with Gasteiger partial charge in [0.15, 0.2) is 17.6 Å². The first-order valence-corrected chi connectivity index (χ1v) is 21.4. The molecule has 0 bridgehead atoms. The molecule has 61 heavy (non-hydrogen) atoms. The average Bonchev–Trinajstić information content (AvgIpc) is 3.29. The predicted octanol–water partition coefficient (Wildman–Crippen LogP) is 10.4. The molecule has 0 aliphatic carbocycles. The summed E-state index contributed by atoms with van der Waals surface area (Å²) in [6.45, 7) is 5.29. The highest BCUT2D eigenvalue weighted by Gasteiger charge is 2.39. The number of carboxylic acids is 1. The molecule has 1 amide bonds. The quantitative estimate of drug-likeness (QED) is 0.111. The Bertz CT molecular complexity index is 2500. The maximum absolute atomic E-state index is 14.4. The van der Waals surface area contributed by atoms with E-state index in [0.29, 0.717) is 53.5 Å². The number of pyridine rings is 1. The summed E-state index contributed by atoms with van der Waals surface area (Å²) in [5, 5.41) is 14.3. The molecule has 0 saturated heterocycles. The minimum atomic E-state index is -1.12. The Morgan fingerprint density at radius 2 is 1.61 bits per heavy atom. The molecule has 0 unspecified atom stereocenters. The molecule has 312 valence electrons. The van der Waals surface area contributed by atoms with Gasteiger partial charge in [-0.2, -0.15) is 0 Å². The van der Waals surface area contributed by atoms with E-state index in [1.807, 2.05) is 91.0 Å². The molecule has 9 nitrogen and oxygen atoms in total. The molecule has 3 heterocycles. The summed E-state index contributed by atoms with van der Waals surface area (Å²) in [5.41, 5.74) is 8.83. The van der Waals surface area contributed by atoms with Crippen molar-refractivity contribution in [2.24, 2.45) is 0 Å². The van der Waals surface area contributed by atoms with E-state index in [2.05, 4.69) is 47.2 Å². The monoisotopic (exact) mass is 855 g/mol. The van der Waals surface area contributed by atoms with Crippen molar-refractivity contribution in [1.82, 2.24) is 15.2 Å². The van der Waals surface area contributed by atoms with Gasteiger partial charge >= 0.3 is 5.97 Å². The molecular weight excluding hydrogens is 809 g/mol. The van der Waals surface area contributed by atoms with Gasteiger partial charge in [0, 0.05) is 30.9 Å². The van der Waals surface area contributed by atoms with E-state index in [9.17, 15) is 14.7 Å². The summed E-state index contributed by atoms with van der Waals surface area (Å²) in [5.74, 6) is 0.546. The maximum Gasteiger partial charge on any atom is 0.326 e. The van der Waals surface area contributed by atoms with Gasteiger partial charge in [0.25, 0.3) is 0 Å². The minimum Gasteiger partial charge on any atom is -0.489 e. The molecule has 2 aliphatic rings. The van der Waals surface area contributed by atoms with Crippen LogP contribution in [0.1, 0.15) is 71.5 Å². The second kappa shape index (κ2) is 18.8. The van der Waals surface area contributed by atoms with E-state index >= 15 is 0 Å². The lowest BCUT2D eigenvalue weighted by molar-refractivity contribution is -0.143. The lowest BCUT2D eigenvalue weighted by Crippen LogP contribution is -2.55. The first-order chi connectivity index (χ1) is 29.6. The van der Waals surface area contributed by atoms with Crippen LogP contribution in [0.2, 0.25) is 10.0 Å². The number of halogens is 2. The van der Waals surface area contributed by atoms with Gasteiger partial charge in [0.2, 0.25) is 5.91 Å². The van der Waals surface area contributed by atoms with Crippen LogP contribution >= 0.6 is 23.2 Å². The summed E-state index contributed by atoms with van der Waals surface area (Å²) in [6, 6.07) is 37.4. The van der Waals surface area contributed by atoms with E-state index in [1.54, 1.807) is 18.3 Å². The molecule has 0 radical (unpaired) electrons. The molecule has 4 atom stereocenters. The number of carbonyl (C=O) groups excluding carboxylic acids is 1. The fourth-order valence-corrected chi connectivity index (χ4v) is 8.53. The van der Waals surface area contributed by atoms with E-state index < -0.39 is 18.1 Å².